The highest BCUT2D eigenvalue weighted by molar-refractivity contribution is 7.07. The summed E-state index contributed by atoms with van der Waals surface area (Å²) in [6, 6.07) is 6.14. The van der Waals surface area contributed by atoms with Crippen molar-refractivity contribution in [1.82, 2.24) is 5.32 Å². The molecule has 0 aliphatic heterocycles. The summed E-state index contributed by atoms with van der Waals surface area (Å²) >= 11 is 1.47. The number of halogens is 1. The molecule has 0 aliphatic rings. The van der Waals surface area contributed by atoms with Crippen molar-refractivity contribution < 1.29 is 14.3 Å². The molecule has 0 aliphatic carbocycles. The zero-order valence-corrected chi connectivity index (χ0v) is 11.2. The van der Waals surface area contributed by atoms with E-state index in [1.54, 1.807) is 19.1 Å². The van der Waals surface area contributed by atoms with Crippen molar-refractivity contribution in [3.63, 3.8) is 0 Å². The van der Waals surface area contributed by atoms with E-state index in [1.165, 1.54) is 23.5 Å². The molecule has 0 spiro atoms. The summed E-state index contributed by atoms with van der Waals surface area (Å²) in [4.78, 5) is 11.8. The third kappa shape index (κ3) is 3.39. The minimum absolute atomic E-state index is 0.00230. The Bertz CT molecular complexity index is 569. The van der Waals surface area contributed by atoms with Crippen molar-refractivity contribution in [1.29, 1.82) is 0 Å². The topological polar surface area (TPSA) is 49.3 Å². The Kier molecular flexibility index (Phi) is 4.29. The van der Waals surface area contributed by atoms with Gasteiger partial charge in [0.15, 0.2) is 0 Å². The maximum Gasteiger partial charge on any atom is 0.254 e. The largest absolute Gasteiger partial charge is 0.387 e. The first kappa shape index (κ1) is 13.7. The van der Waals surface area contributed by atoms with Gasteiger partial charge in [0.05, 0.1) is 11.7 Å². The number of thiophene rings is 1. The number of aliphatic hydroxyl groups is 1. The number of amides is 1. The van der Waals surface area contributed by atoms with Gasteiger partial charge in [-0.1, -0.05) is 11.6 Å². The fraction of sp³-hybridized carbons (Fsp3) is 0.214. The highest BCUT2D eigenvalue weighted by Crippen LogP contribution is 2.15. The molecule has 1 atom stereocenters. The lowest BCUT2D eigenvalue weighted by atomic mass is 10.1. The Balaban J connectivity index is 2.00. The van der Waals surface area contributed by atoms with Crippen molar-refractivity contribution in [2.24, 2.45) is 0 Å². The third-order valence-corrected chi connectivity index (χ3v) is 3.45. The van der Waals surface area contributed by atoms with Crippen molar-refractivity contribution in [3.05, 3.63) is 57.5 Å². The predicted octanol–water partition coefficient (Wildman–Crippen LogP) is 2.66. The zero-order valence-electron chi connectivity index (χ0n) is 10.4. The second-order valence-corrected chi connectivity index (χ2v) is 5.05. The Hall–Kier alpha value is -1.72. The SMILES string of the molecule is Cc1ccc(F)c(C(=O)NCC(O)c2ccsc2)c1. The van der Waals surface area contributed by atoms with Gasteiger partial charge in [0.1, 0.15) is 5.82 Å². The van der Waals surface area contributed by atoms with E-state index in [0.717, 1.165) is 11.1 Å². The van der Waals surface area contributed by atoms with Gasteiger partial charge in [-0.25, -0.2) is 4.39 Å². The average Bonchev–Trinajstić information content (AvgIpc) is 2.92. The molecule has 5 heteroatoms. The van der Waals surface area contributed by atoms with Gasteiger partial charge in [-0.15, -0.1) is 0 Å². The molecule has 0 saturated carbocycles. The van der Waals surface area contributed by atoms with E-state index in [0.29, 0.717) is 0 Å². The quantitative estimate of drug-likeness (QED) is 0.904. The molecular weight excluding hydrogens is 265 g/mol. The molecule has 1 heterocycles. The smallest absolute Gasteiger partial charge is 0.254 e. The van der Waals surface area contributed by atoms with Crippen LogP contribution in [0.3, 0.4) is 0 Å². The van der Waals surface area contributed by atoms with Crippen LogP contribution in [0, 0.1) is 12.7 Å². The van der Waals surface area contributed by atoms with E-state index in [9.17, 15) is 14.3 Å². The predicted molar refractivity (Wildman–Crippen MR) is 72.7 cm³/mol. The third-order valence-electron chi connectivity index (χ3n) is 2.75. The first-order valence-corrected chi connectivity index (χ1v) is 6.76. The van der Waals surface area contributed by atoms with E-state index in [1.807, 2.05) is 10.8 Å². The average molecular weight is 279 g/mol. The number of benzene rings is 1. The van der Waals surface area contributed by atoms with Crippen molar-refractivity contribution in [3.8, 4) is 0 Å². The van der Waals surface area contributed by atoms with Crippen LogP contribution in [-0.4, -0.2) is 17.6 Å². The van der Waals surface area contributed by atoms with Crippen LogP contribution in [0.25, 0.3) is 0 Å². The van der Waals surface area contributed by atoms with Crippen molar-refractivity contribution in [2.45, 2.75) is 13.0 Å². The lowest BCUT2D eigenvalue weighted by Crippen LogP contribution is -2.29. The summed E-state index contributed by atoms with van der Waals surface area (Å²) in [6.45, 7) is 1.85. The standard InChI is InChI=1S/C14H14FNO2S/c1-9-2-3-12(15)11(6-9)14(18)16-7-13(17)10-4-5-19-8-10/h2-6,8,13,17H,7H2,1H3,(H,16,18). The van der Waals surface area contributed by atoms with Crippen LogP contribution in [0.15, 0.2) is 35.0 Å². The van der Waals surface area contributed by atoms with Crippen LogP contribution >= 0.6 is 11.3 Å². The molecule has 100 valence electrons. The maximum atomic E-state index is 13.5. The van der Waals surface area contributed by atoms with E-state index < -0.39 is 17.8 Å². The summed E-state index contributed by atoms with van der Waals surface area (Å²) in [5.41, 5.74) is 1.55. The highest BCUT2D eigenvalue weighted by atomic mass is 32.1. The molecule has 1 amide bonds. The maximum absolute atomic E-state index is 13.5. The van der Waals surface area contributed by atoms with Crippen molar-refractivity contribution >= 4 is 17.2 Å². The molecule has 1 unspecified atom stereocenters. The second kappa shape index (κ2) is 5.95. The number of rotatable bonds is 4. The summed E-state index contributed by atoms with van der Waals surface area (Å²) in [6.07, 6.45) is -0.775. The molecule has 2 rings (SSSR count). The second-order valence-electron chi connectivity index (χ2n) is 4.27. The molecule has 2 aromatic rings. The summed E-state index contributed by atoms with van der Waals surface area (Å²) in [7, 11) is 0. The highest BCUT2D eigenvalue weighted by Gasteiger charge is 2.14. The van der Waals surface area contributed by atoms with E-state index >= 15 is 0 Å². The van der Waals surface area contributed by atoms with Crippen LogP contribution < -0.4 is 5.32 Å². The number of carbonyl (C=O) groups excluding carboxylic acids is 1. The number of hydrogen-bond acceptors (Lipinski definition) is 3. The Morgan fingerprint density at radius 3 is 2.95 bits per heavy atom. The monoisotopic (exact) mass is 279 g/mol. The van der Waals surface area contributed by atoms with Crippen molar-refractivity contribution in [2.75, 3.05) is 6.54 Å². The number of nitrogens with one attached hydrogen (secondary N) is 1. The van der Waals surface area contributed by atoms with Gasteiger partial charge in [0.25, 0.3) is 5.91 Å². The van der Waals surface area contributed by atoms with E-state index in [2.05, 4.69) is 5.32 Å². The van der Waals surface area contributed by atoms with Gasteiger partial charge in [0.2, 0.25) is 0 Å². The van der Waals surface area contributed by atoms with E-state index in [-0.39, 0.29) is 12.1 Å². The van der Waals surface area contributed by atoms with Crippen LogP contribution in [-0.2, 0) is 0 Å². The molecule has 0 bridgehead atoms. The lowest BCUT2D eigenvalue weighted by Gasteiger charge is -2.11. The lowest BCUT2D eigenvalue weighted by molar-refractivity contribution is 0.0912. The first-order valence-electron chi connectivity index (χ1n) is 5.82. The molecule has 3 nitrogen and oxygen atoms in total. The van der Waals surface area contributed by atoms with Crippen LogP contribution in [0.2, 0.25) is 0 Å². The van der Waals surface area contributed by atoms with Gasteiger partial charge in [-0.05, 0) is 41.4 Å². The molecule has 0 radical (unpaired) electrons. The molecule has 1 aromatic carbocycles. The number of aryl methyl sites for hydroxylation is 1. The molecule has 0 saturated heterocycles. The molecule has 2 N–H and O–H groups in total. The number of carbonyl (C=O) groups is 1. The normalized spacial score (nSPS) is 12.2. The summed E-state index contributed by atoms with van der Waals surface area (Å²) in [5, 5.41) is 16.0. The van der Waals surface area contributed by atoms with Gasteiger partial charge in [0, 0.05) is 6.54 Å². The Morgan fingerprint density at radius 1 is 1.47 bits per heavy atom. The zero-order chi connectivity index (χ0) is 13.8. The Morgan fingerprint density at radius 2 is 2.26 bits per heavy atom. The van der Waals surface area contributed by atoms with Gasteiger partial charge in [-0.2, -0.15) is 11.3 Å². The summed E-state index contributed by atoms with van der Waals surface area (Å²) in [5.74, 6) is -1.08. The van der Waals surface area contributed by atoms with Crippen LogP contribution in [0.1, 0.15) is 27.6 Å². The number of hydrogen-bond donors (Lipinski definition) is 2. The number of aliphatic hydroxyl groups excluding tert-OH is 1. The minimum Gasteiger partial charge on any atom is -0.387 e. The molecular formula is C14H14FNO2S. The summed E-state index contributed by atoms with van der Waals surface area (Å²) < 4.78 is 13.5. The molecule has 1 aromatic heterocycles. The van der Waals surface area contributed by atoms with E-state index in [4.69, 9.17) is 0 Å². The first-order chi connectivity index (χ1) is 9.08. The van der Waals surface area contributed by atoms with Gasteiger partial charge < -0.3 is 10.4 Å². The Labute approximate surface area is 114 Å². The molecule has 19 heavy (non-hydrogen) atoms. The fourth-order valence-electron chi connectivity index (χ4n) is 1.68. The fourth-order valence-corrected chi connectivity index (χ4v) is 2.39. The minimum atomic E-state index is -0.775. The van der Waals surface area contributed by atoms with Gasteiger partial charge in [-0.3, -0.25) is 4.79 Å². The van der Waals surface area contributed by atoms with Gasteiger partial charge >= 0.3 is 0 Å². The molecule has 0 fully saturated rings. The van der Waals surface area contributed by atoms with Crippen LogP contribution in [0.5, 0.6) is 0 Å². The van der Waals surface area contributed by atoms with Crippen LogP contribution in [0.4, 0.5) is 4.39 Å².